The third kappa shape index (κ3) is 1.48. The lowest BCUT2D eigenvalue weighted by Gasteiger charge is -2.32. The van der Waals surface area contributed by atoms with Crippen LogP contribution in [0, 0.1) is 5.92 Å². The highest BCUT2D eigenvalue weighted by Crippen LogP contribution is 2.25. The first-order valence-corrected chi connectivity index (χ1v) is 4.69. The van der Waals surface area contributed by atoms with Crippen molar-refractivity contribution < 1.29 is 4.79 Å². The molecule has 0 aromatic heterocycles. The Hall–Kier alpha value is -0.490. The van der Waals surface area contributed by atoms with Crippen molar-refractivity contribution in [3.05, 3.63) is 0 Å². The average molecular weight is 184 g/mol. The molecule has 2 fully saturated rings. The van der Waals surface area contributed by atoms with Gasteiger partial charge in [-0.2, -0.15) is 0 Å². The zero-order valence-electron chi connectivity index (χ0n) is 7.65. The lowest BCUT2D eigenvalue weighted by atomic mass is 9.92. The van der Waals surface area contributed by atoms with Crippen LogP contribution >= 0.6 is 0 Å². The van der Waals surface area contributed by atoms with E-state index in [0.29, 0.717) is 25.4 Å². The highest BCUT2D eigenvalue weighted by Gasteiger charge is 2.42. The summed E-state index contributed by atoms with van der Waals surface area (Å²) >= 11 is 0. The Kier molecular flexibility index (Phi) is 2.33. The molecule has 0 saturated carbocycles. The van der Waals surface area contributed by atoms with Gasteiger partial charge in [0.25, 0.3) is 0 Å². The number of hydrazine groups is 1. The molecule has 2 saturated heterocycles. The summed E-state index contributed by atoms with van der Waals surface area (Å²) < 4.78 is 0. The molecule has 5 nitrogen and oxygen atoms in total. The van der Waals surface area contributed by atoms with E-state index in [-0.39, 0.29) is 12.0 Å². The van der Waals surface area contributed by atoms with E-state index >= 15 is 0 Å². The van der Waals surface area contributed by atoms with E-state index in [1.165, 1.54) is 0 Å². The molecule has 0 aromatic rings. The molecule has 2 rings (SSSR count). The van der Waals surface area contributed by atoms with Gasteiger partial charge in [0.05, 0.1) is 0 Å². The van der Waals surface area contributed by atoms with E-state index in [2.05, 4.69) is 4.90 Å². The summed E-state index contributed by atoms with van der Waals surface area (Å²) in [7, 11) is 0. The van der Waals surface area contributed by atoms with Gasteiger partial charge in [0.1, 0.15) is 5.78 Å². The number of likely N-dealkylation sites (tertiary alicyclic amines) is 1. The van der Waals surface area contributed by atoms with Crippen LogP contribution in [0.15, 0.2) is 0 Å². The maximum atomic E-state index is 11.5. The zero-order chi connectivity index (χ0) is 9.42. The summed E-state index contributed by atoms with van der Waals surface area (Å²) in [5.74, 6) is 6.26. The number of nitrogens with zero attached hydrogens (tertiary/aromatic N) is 2. The van der Waals surface area contributed by atoms with Crippen LogP contribution in [0.2, 0.25) is 0 Å². The molecular formula is C8H16N4O. The normalized spacial score (nSPS) is 36.6. The highest BCUT2D eigenvalue weighted by molar-refractivity contribution is 5.83. The molecule has 2 aliphatic heterocycles. The molecule has 13 heavy (non-hydrogen) atoms. The molecule has 2 heterocycles. The SMILES string of the molecule is NCN1C[C@H]2C(=O)CCN(N)[C@H]2C1. The van der Waals surface area contributed by atoms with Crippen molar-refractivity contribution in [1.82, 2.24) is 9.91 Å². The van der Waals surface area contributed by atoms with Gasteiger partial charge < -0.3 is 5.73 Å². The largest absolute Gasteiger partial charge is 0.318 e. The summed E-state index contributed by atoms with van der Waals surface area (Å²) in [5, 5.41) is 1.79. The molecular weight excluding hydrogens is 168 g/mol. The van der Waals surface area contributed by atoms with Gasteiger partial charge >= 0.3 is 0 Å². The first-order valence-electron chi connectivity index (χ1n) is 4.69. The average Bonchev–Trinajstić information content (AvgIpc) is 2.56. The minimum atomic E-state index is 0.0994. The fourth-order valence-corrected chi connectivity index (χ4v) is 2.26. The number of nitrogens with two attached hydrogens (primary N) is 2. The minimum absolute atomic E-state index is 0.0994. The number of hydrogen-bond acceptors (Lipinski definition) is 5. The van der Waals surface area contributed by atoms with Gasteiger partial charge in [-0.15, -0.1) is 0 Å². The molecule has 5 heteroatoms. The van der Waals surface area contributed by atoms with Crippen LogP contribution in [-0.4, -0.2) is 48.0 Å². The smallest absolute Gasteiger partial charge is 0.140 e. The summed E-state index contributed by atoms with van der Waals surface area (Å²) in [6.45, 7) is 2.84. The first kappa shape index (κ1) is 9.08. The Morgan fingerprint density at radius 2 is 2.23 bits per heavy atom. The zero-order valence-corrected chi connectivity index (χ0v) is 7.65. The number of rotatable bonds is 1. The topological polar surface area (TPSA) is 75.6 Å². The predicted molar refractivity (Wildman–Crippen MR) is 48.4 cm³/mol. The Bertz CT molecular complexity index is 220. The summed E-state index contributed by atoms with van der Waals surface area (Å²) in [5.41, 5.74) is 5.53. The second-order valence-corrected chi connectivity index (χ2v) is 3.85. The predicted octanol–water partition coefficient (Wildman–Crippen LogP) is -1.65. The van der Waals surface area contributed by atoms with Crippen LogP contribution in [0.25, 0.3) is 0 Å². The highest BCUT2D eigenvalue weighted by atomic mass is 16.1. The fourth-order valence-electron chi connectivity index (χ4n) is 2.26. The van der Waals surface area contributed by atoms with Crippen molar-refractivity contribution in [2.45, 2.75) is 12.5 Å². The van der Waals surface area contributed by atoms with Gasteiger partial charge in [-0.1, -0.05) is 0 Å². The van der Waals surface area contributed by atoms with Crippen LogP contribution in [0.3, 0.4) is 0 Å². The van der Waals surface area contributed by atoms with Crippen molar-refractivity contribution >= 4 is 5.78 Å². The van der Waals surface area contributed by atoms with Crippen molar-refractivity contribution in [3.8, 4) is 0 Å². The lowest BCUT2D eigenvalue weighted by Crippen LogP contribution is -2.52. The Balaban J connectivity index is 2.10. The molecule has 2 aliphatic rings. The molecule has 74 valence electrons. The van der Waals surface area contributed by atoms with Crippen molar-refractivity contribution in [1.29, 1.82) is 0 Å². The Morgan fingerprint density at radius 3 is 2.85 bits per heavy atom. The Morgan fingerprint density at radius 1 is 1.46 bits per heavy atom. The standard InChI is InChI=1S/C8H16N4O/c9-5-11-3-6-7(4-11)12(10)2-1-8(6)13/h6-7H,1-5,9-10H2/t6-,7+/m1/s1. The molecule has 0 amide bonds. The van der Waals surface area contributed by atoms with E-state index in [0.717, 1.165) is 13.1 Å². The molecule has 0 radical (unpaired) electrons. The molecule has 4 N–H and O–H groups in total. The molecule has 2 atom stereocenters. The molecule has 0 aromatic carbocycles. The molecule has 0 aliphatic carbocycles. The van der Waals surface area contributed by atoms with Crippen LogP contribution in [0.4, 0.5) is 0 Å². The van der Waals surface area contributed by atoms with Crippen molar-refractivity contribution in [2.24, 2.45) is 17.5 Å². The van der Waals surface area contributed by atoms with Crippen LogP contribution < -0.4 is 11.6 Å². The van der Waals surface area contributed by atoms with Gasteiger partial charge in [0.15, 0.2) is 0 Å². The number of fused-ring (bicyclic) bond motifs is 1. The number of Topliss-reactive ketones (excluding diaryl/α,β-unsaturated/α-hetero) is 1. The maximum Gasteiger partial charge on any atom is 0.140 e. The monoisotopic (exact) mass is 184 g/mol. The third-order valence-corrected chi connectivity index (χ3v) is 3.08. The quantitative estimate of drug-likeness (QED) is 0.478. The number of carbonyl (C=O) groups excluding carboxylic acids is 1. The van der Waals surface area contributed by atoms with E-state index in [9.17, 15) is 4.79 Å². The van der Waals surface area contributed by atoms with E-state index in [1.54, 1.807) is 5.01 Å². The number of carbonyl (C=O) groups is 1. The van der Waals surface area contributed by atoms with Gasteiger partial charge in [0.2, 0.25) is 0 Å². The van der Waals surface area contributed by atoms with Gasteiger partial charge in [-0.05, 0) is 0 Å². The van der Waals surface area contributed by atoms with E-state index in [4.69, 9.17) is 11.6 Å². The Labute approximate surface area is 77.6 Å². The summed E-state index contributed by atoms with van der Waals surface area (Å²) in [6.07, 6.45) is 0.593. The fraction of sp³-hybridized carbons (Fsp3) is 0.875. The molecule has 0 spiro atoms. The van der Waals surface area contributed by atoms with E-state index in [1.807, 2.05) is 0 Å². The second-order valence-electron chi connectivity index (χ2n) is 3.85. The first-order chi connectivity index (χ1) is 6.22. The number of ketones is 1. The molecule has 0 bridgehead atoms. The number of piperidine rings is 1. The van der Waals surface area contributed by atoms with Crippen LogP contribution in [0.5, 0.6) is 0 Å². The van der Waals surface area contributed by atoms with Crippen molar-refractivity contribution in [3.63, 3.8) is 0 Å². The minimum Gasteiger partial charge on any atom is -0.318 e. The second kappa shape index (κ2) is 3.34. The summed E-state index contributed by atoms with van der Waals surface area (Å²) in [6, 6.07) is 0.199. The van der Waals surface area contributed by atoms with Crippen LogP contribution in [-0.2, 0) is 4.79 Å². The maximum absolute atomic E-state index is 11.5. The van der Waals surface area contributed by atoms with E-state index < -0.39 is 0 Å². The summed E-state index contributed by atoms with van der Waals surface area (Å²) in [4.78, 5) is 13.6. The van der Waals surface area contributed by atoms with Gasteiger partial charge in [0, 0.05) is 44.7 Å². The van der Waals surface area contributed by atoms with Gasteiger partial charge in [-0.3, -0.25) is 15.5 Å². The molecule has 0 unspecified atom stereocenters. The lowest BCUT2D eigenvalue weighted by molar-refractivity contribution is -0.127. The number of hydrogen-bond donors (Lipinski definition) is 2. The van der Waals surface area contributed by atoms with Crippen molar-refractivity contribution in [2.75, 3.05) is 26.3 Å². The van der Waals surface area contributed by atoms with Crippen LogP contribution in [0.1, 0.15) is 6.42 Å². The van der Waals surface area contributed by atoms with Gasteiger partial charge in [-0.25, -0.2) is 5.01 Å². The third-order valence-electron chi connectivity index (χ3n) is 3.08.